The number of carbonyl (C=O) groups is 1. The molecule has 2 aromatic heterocycles. The predicted octanol–water partition coefficient (Wildman–Crippen LogP) is 2.34. The second-order valence-electron chi connectivity index (χ2n) is 4.78. The van der Waals surface area contributed by atoms with E-state index >= 15 is 0 Å². The van der Waals surface area contributed by atoms with Gasteiger partial charge in [-0.15, -0.1) is 0 Å². The van der Waals surface area contributed by atoms with Crippen molar-refractivity contribution in [2.24, 2.45) is 0 Å². The van der Waals surface area contributed by atoms with Gasteiger partial charge in [0, 0.05) is 26.5 Å². The van der Waals surface area contributed by atoms with Crippen LogP contribution in [0.3, 0.4) is 0 Å². The Labute approximate surface area is 127 Å². The fourth-order valence-electron chi connectivity index (χ4n) is 2.05. The highest BCUT2D eigenvalue weighted by molar-refractivity contribution is 7.99. The van der Waals surface area contributed by atoms with Gasteiger partial charge >= 0.3 is 5.97 Å². The number of rotatable bonds is 8. The van der Waals surface area contributed by atoms with Crippen LogP contribution in [0.15, 0.2) is 17.4 Å². The maximum atomic E-state index is 10.8. The normalized spacial score (nSPS) is 11.1. The molecule has 0 aliphatic carbocycles. The first-order valence-electron chi connectivity index (χ1n) is 6.78. The number of aryl methyl sites for hydroxylation is 2. The van der Waals surface area contributed by atoms with Gasteiger partial charge in [0.15, 0.2) is 10.8 Å². The molecule has 2 rings (SSSR count). The Kier molecular flexibility index (Phi) is 5.58. The molecule has 2 heterocycles. The average Bonchev–Trinajstić information content (AvgIpc) is 2.78. The maximum Gasteiger partial charge on any atom is 0.313 e. The van der Waals surface area contributed by atoms with Crippen LogP contribution in [0.25, 0.3) is 11.2 Å². The van der Waals surface area contributed by atoms with Crippen molar-refractivity contribution < 1.29 is 14.6 Å². The molecule has 7 heteroatoms. The molecule has 0 bridgehead atoms. The number of hydrogen-bond donors (Lipinski definition) is 1. The Morgan fingerprint density at radius 2 is 2.29 bits per heavy atom. The zero-order valence-electron chi connectivity index (χ0n) is 12.2. The number of carboxylic acids is 1. The van der Waals surface area contributed by atoms with Crippen LogP contribution in [-0.2, 0) is 16.1 Å². The summed E-state index contributed by atoms with van der Waals surface area (Å²) in [7, 11) is 1.69. The molecule has 0 spiro atoms. The molecule has 21 heavy (non-hydrogen) atoms. The van der Waals surface area contributed by atoms with Crippen LogP contribution in [-0.4, -0.2) is 45.1 Å². The minimum atomic E-state index is -0.845. The number of ether oxygens (including phenoxy) is 1. The molecule has 1 N–H and O–H groups in total. The van der Waals surface area contributed by atoms with Crippen molar-refractivity contribution in [2.45, 2.75) is 31.5 Å². The summed E-state index contributed by atoms with van der Waals surface area (Å²) < 4.78 is 7.05. The van der Waals surface area contributed by atoms with E-state index in [0.717, 1.165) is 42.7 Å². The molecule has 2 aromatic rings. The first kappa shape index (κ1) is 15.8. The van der Waals surface area contributed by atoms with Gasteiger partial charge in [-0.3, -0.25) is 4.79 Å². The number of fused-ring (bicyclic) bond motifs is 1. The number of carboxylic acid groups (broad SMARTS) is 1. The van der Waals surface area contributed by atoms with Gasteiger partial charge in [0.2, 0.25) is 0 Å². The van der Waals surface area contributed by atoms with E-state index in [2.05, 4.69) is 9.97 Å². The van der Waals surface area contributed by atoms with E-state index in [1.54, 1.807) is 13.3 Å². The highest BCUT2D eigenvalue weighted by Gasteiger charge is 2.13. The number of aliphatic carboxylic acids is 1. The number of methoxy groups -OCH3 is 1. The minimum absolute atomic E-state index is 0.000372. The number of thioether (sulfide) groups is 1. The lowest BCUT2D eigenvalue weighted by Crippen LogP contribution is -2.05. The lowest BCUT2D eigenvalue weighted by atomic mass is 10.3. The van der Waals surface area contributed by atoms with Crippen LogP contribution in [0.5, 0.6) is 0 Å². The molecule has 0 radical (unpaired) electrons. The fraction of sp³-hybridized carbons (Fsp3) is 0.500. The van der Waals surface area contributed by atoms with Gasteiger partial charge in [0.1, 0.15) is 5.52 Å². The van der Waals surface area contributed by atoms with Gasteiger partial charge in [-0.25, -0.2) is 9.97 Å². The summed E-state index contributed by atoms with van der Waals surface area (Å²) in [5, 5.41) is 9.55. The Balaban J connectivity index is 2.23. The zero-order chi connectivity index (χ0) is 15.2. The molecule has 0 amide bonds. The van der Waals surface area contributed by atoms with Crippen LogP contribution >= 0.6 is 11.8 Å². The van der Waals surface area contributed by atoms with Crippen LogP contribution < -0.4 is 0 Å². The summed E-state index contributed by atoms with van der Waals surface area (Å²) in [6.07, 6.45) is 3.70. The van der Waals surface area contributed by atoms with Crippen LogP contribution in [0, 0.1) is 6.92 Å². The van der Waals surface area contributed by atoms with E-state index in [9.17, 15) is 4.79 Å². The van der Waals surface area contributed by atoms with E-state index in [-0.39, 0.29) is 5.75 Å². The van der Waals surface area contributed by atoms with Crippen molar-refractivity contribution >= 4 is 28.9 Å². The van der Waals surface area contributed by atoms with Crippen LogP contribution in [0.1, 0.15) is 18.4 Å². The monoisotopic (exact) mass is 309 g/mol. The number of imidazole rings is 1. The molecular formula is C14H19N3O3S. The molecule has 0 aliphatic rings. The minimum Gasteiger partial charge on any atom is -0.481 e. The quantitative estimate of drug-likeness (QED) is 0.596. The molecule has 6 nitrogen and oxygen atoms in total. The van der Waals surface area contributed by atoms with E-state index in [4.69, 9.17) is 9.84 Å². The Bertz CT molecular complexity index is 627. The summed E-state index contributed by atoms with van der Waals surface area (Å²) >= 11 is 1.23. The number of hydrogen-bond acceptors (Lipinski definition) is 5. The summed E-state index contributed by atoms with van der Waals surface area (Å²) in [5.74, 6) is -0.845. The van der Waals surface area contributed by atoms with Crippen LogP contribution in [0.4, 0.5) is 0 Å². The van der Waals surface area contributed by atoms with Crippen molar-refractivity contribution in [1.29, 1.82) is 0 Å². The molecular weight excluding hydrogens is 290 g/mol. The van der Waals surface area contributed by atoms with Gasteiger partial charge in [-0.1, -0.05) is 11.8 Å². The number of pyridine rings is 1. The van der Waals surface area contributed by atoms with Gasteiger partial charge in [0.25, 0.3) is 0 Å². The third-order valence-corrected chi connectivity index (χ3v) is 3.95. The van der Waals surface area contributed by atoms with Crippen molar-refractivity contribution in [1.82, 2.24) is 14.5 Å². The van der Waals surface area contributed by atoms with E-state index in [0.29, 0.717) is 5.16 Å². The lowest BCUT2D eigenvalue weighted by Gasteiger charge is -2.07. The standard InChI is InChI=1S/C14H19N3O3S/c1-10-7-11-13(15-8-10)17(5-3-4-6-20-2)14(16-11)21-9-12(18)19/h7-8H,3-6,9H2,1-2H3,(H,18,19). The second-order valence-corrected chi connectivity index (χ2v) is 5.73. The average molecular weight is 309 g/mol. The van der Waals surface area contributed by atoms with Crippen molar-refractivity contribution in [3.63, 3.8) is 0 Å². The highest BCUT2D eigenvalue weighted by atomic mass is 32.2. The van der Waals surface area contributed by atoms with Crippen molar-refractivity contribution in [3.8, 4) is 0 Å². The molecule has 0 fully saturated rings. The third kappa shape index (κ3) is 4.18. The van der Waals surface area contributed by atoms with Gasteiger partial charge in [-0.2, -0.15) is 0 Å². The first-order chi connectivity index (χ1) is 10.1. The Hall–Kier alpha value is -1.60. The largest absolute Gasteiger partial charge is 0.481 e. The summed E-state index contributed by atoms with van der Waals surface area (Å²) in [6.45, 7) is 3.45. The van der Waals surface area contributed by atoms with Gasteiger partial charge in [0.05, 0.1) is 5.75 Å². The number of nitrogens with zero attached hydrogens (tertiary/aromatic N) is 3. The maximum absolute atomic E-state index is 10.8. The summed E-state index contributed by atoms with van der Waals surface area (Å²) in [4.78, 5) is 19.7. The van der Waals surface area contributed by atoms with E-state index in [1.807, 2.05) is 17.6 Å². The summed E-state index contributed by atoms with van der Waals surface area (Å²) in [5.41, 5.74) is 2.67. The van der Waals surface area contributed by atoms with Crippen LogP contribution in [0.2, 0.25) is 0 Å². The molecule has 0 atom stereocenters. The Morgan fingerprint density at radius 3 is 3.00 bits per heavy atom. The van der Waals surface area contributed by atoms with E-state index in [1.165, 1.54) is 11.8 Å². The van der Waals surface area contributed by atoms with Gasteiger partial charge < -0.3 is 14.4 Å². The van der Waals surface area contributed by atoms with Gasteiger partial charge in [-0.05, 0) is 31.4 Å². The summed E-state index contributed by atoms with van der Waals surface area (Å²) in [6, 6.07) is 1.97. The number of unbranched alkanes of at least 4 members (excludes halogenated alkanes) is 1. The Morgan fingerprint density at radius 1 is 1.48 bits per heavy atom. The molecule has 0 aromatic carbocycles. The van der Waals surface area contributed by atoms with Crippen molar-refractivity contribution in [2.75, 3.05) is 19.5 Å². The number of aromatic nitrogens is 3. The lowest BCUT2D eigenvalue weighted by molar-refractivity contribution is -0.133. The second kappa shape index (κ2) is 7.42. The predicted molar refractivity (Wildman–Crippen MR) is 81.7 cm³/mol. The highest BCUT2D eigenvalue weighted by Crippen LogP contribution is 2.24. The molecule has 0 saturated heterocycles. The smallest absolute Gasteiger partial charge is 0.313 e. The topological polar surface area (TPSA) is 77.2 Å². The first-order valence-corrected chi connectivity index (χ1v) is 7.77. The SMILES string of the molecule is COCCCCn1c(SCC(=O)O)nc2cc(C)cnc21. The van der Waals surface area contributed by atoms with E-state index < -0.39 is 5.97 Å². The zero-order valence-corrected chi connectivity index (χ0v) is 13.0. The molecule has 0 saturated carbocycles. The molecule has 0 aliphatic heterocycles. The van der Waals surface area contributed by atoms with Crippen molar-refractivity contribution in [3.05, 3.63) is 17.8 Å². The molecule has 0 unspecified atom stereocenters. The third-order valence-electron chi connectivity index (χ3n) is 2.99. The fourth-order valence-corrected chi connectivity index (χ4v) is 2.79. The molecule has 114 valence electrons.